The van der Waals surface area contributed by atoms with E-state index in [0.29, 0.717) is 22.2 Å². The van der Waals surface area contributed by atoms with Gasteiger partial charge in [0.15, 0.2) is 0 Å². The van der Waals surface area contributed by atoms with Crippen LogP contribution >= 0.6 is 11.8 Å². The summed E-state index contributed by atoms with van der Waals surface area (Å²) in [6.07, 6.45) is 8.82. The van der Waals surface area contributed by atoms with Gasteiger partial charge in [0.2, 0.25) is 41.4 Å². The number of fused-ring (bicyclic) bond motifs is 1. The second-order valence-corrected chi connectivity index (χ2v) is 26.2. The number of hydrogen-bond acceptors (Lipinski definition) is 22. The molecule has 2 unspecified atom stereocenters. The van der Waals surface area contributed by atoms with Crippen LogP contribution in [0.15, 0.2) is 104 Å². The largest absolute Gasteiger partial charge is 0.480 e. The van der Waals surface area contributed by atoms with Crippen molar-refractivity contribution in [2.45, 2.75) is 71.1 Å². The number of allylic oxidation sites excluding steroid dienone is 1. The van der Waals surface area contributed by atoms with Crippen LogP contribution in [0, 0.1) is 11.8 Å². The molecular formula is C68H92N20O18S. The maximum absolute atomic E-state index is 14.4. The van der Waals surface area contributed by atoms with Gasteiger partial charge in [0.1, 0.15) is 41.4 Å². The van der Waals surface area contributed by atoms with E-state index in [1.54, 1.807) is 84.0 Å². The van der Waals surface area contributed by atoms with Gasteiger partial charge in [0.25, 0.3) is 29.5 Å². The van der Waals surface area contributed by atoms with Crippen LogP contribution in [0.1, 0.15) is 62.2 Å². The van der Waals surface area contributed by atoms with Crippen molar-refractivity contribution in [2.75, 3.05) is 109 Å². The molecule has 19 N–H and O–H groups in total. The first-order chi connectivity index (χ1) is 50.7. The molecule has 0 aliphatic carbocycles. The fraction of sp³-hybridized carbons (Fsp3) is 0.426. The van der Waals surface area contributed by atoms with Gasteiger partial charge in [0, 0.05) is 100 Å². The molecule has 4 heterocycles. The van der Waals surface area contributed by atoms with E-state index in [-0.39, 0.29) is 126 Å². The van der Waals surface area contributed by atoms with E-state index >= 15 is 0 Å². The number of hydrogen-bond donors (Lipinski definition) is 17. The second-order valence-electron chi connectivity index (χ2n) is 25.3. The van der Waals surface area contributed by atoms with Crippen LogP contribution in [-0.4, -0.2) is 271 Å². The first-order valence-corrected chi connectivity index (χ1v) is 35.0. The minimum atomic E-state index is -1.62. The summed E-state index contributed by atoms with van der Waals surface area (Å²) in [4.78, 5) is 217. The first kappa shape index (κ1) is 86.0. The molecule has 1 aromatic carbocycles. The number of nitrogens with one attached hydrogen (secondary N) is 12. The average molecular weight is 1510 g/mol. The predicted octanol–water partition coefficient (Wildman–Crippen LogP) is -3.50. The highest BCUT2D eigenvalue weighted by molar-refractivity contribution is 7.98. The van der Waals surface area contributed by atoms with Gasteiger partial charge in [-0.25, -0.2) is 9.97 Å². The summed E-state index contributed by atoms with van der Waals surface area (Å²) >= 11 is 1.42. The molecule has 3 aromatic heterocycles. The van der Waals surface area contributed by atoms with Crippen LogP contribution in [0.25, 0.3) is 16.5 Å². The van der Waals surface area contributed by atoms with E-state index in [9.17, 15) is 87.2 Å². The number of carboxylic acid groups (broad SMARTS) is 3. The number of carboxylic acids is 3. The van der Waals surface area contributed by atoms with Crippen molar-refractivity contribution >= 4 is 123 Å². The zero-order valence-corrected chi connectivity index (χ0v) is 60.6. The topological polar surface area (TPSA) is 559 Å². The normalized spacial score (nSPS) is 14.8. The Morgan fingerprint density at radius 1 is 0.626 bits per heavy atom. The van der Waals surface area contributed by atoms with Gasteiger partial charge in [-0.15, -0.1) is 0 Å². The van der Waals surface area contributed by atoms with Gasteiger partial charge in [-0.2, -0.15) is 11.8 Å². The van der Waals surface area contributed by atoms with Crippen molar-refractivity contribution in [3.05, 3.63) is 121 Å². The Kier molecular flexibility index (Phi) is 34.5. The Balaban J connectivity index is 1.23. The molecule has 0 bridgehead atoms. The number of carbonyl (C=O) groups is 15. The number of pyridine rings is 1. The van der Waals surface area contributed by atoms with Crippen LogP contribution in [-0.2, 0) is 73.5 Å². The van der Waals surface area contributed by atoms with E-state index in [0.717, 1.165) is 12.3 Å². The Morgan fingerprint density at radius 3 is 1.74 bits per heavy atom. The van der Waals surface area contributed by atoms with Crippen LogP contribution < -0.4 is 64.6 Å². The number of H-pyrrole nitrogens is 2. The van der Waals surface area contributed by atoms with E-state index in [1.165, 1.54) is 42.5 Å². The number of rotatable bonds is 39. The van der Waals surface area contributed by atoms with Gasteiger partial charge >= 0.3 is 17.9 Å². The third kappa shape index (κ3) is 29.8. The predicted molar refractivity (Wildman–Crippen MR) is 390 cm³/mol. The van der Waals surface area contributed by atoms with Crippen LogP contribution in [0.2, 0.25) is 0 Å². The lowest BCUT2D eigenvalue weighted by Crippen LogP contribution is -2.55. The fourth-order valence-electron chi connectivity index (χ4n) is 10.5. The number of nitrogens with two attached hydrogens (primary N) is 2. The second kappa shape index (κ2) is 42.9. The van der Waals surface area contributed by atoms with E-state index < -0.39 is 150 Å². The summed E-state index contributed by atoms with van der Waals surface area (Å²) < 4.78 is 0. The molecule has 12 amide bonds. The highest BCUT2D eigenvalue weighted by Gasteiger charge is 2.33. The summed E-state index contributed by atoms with van der Waals surface area (Å²) in [6.45, 7) is 12.7. The maximum atomic E-state index is 14.4. The third-order valence-corrected chi connectivity index (χ3v) is 16.7. The maximum Gasteiger partial charge on any atom is 0.317 e. The SMILES string of the molecule is C=C(NC(=O)C(Cc1c[nH]c2ccccc12)NC(=O)/C(=C\CC(N)=O)NC(=O)c1ccc(NC(=O)CNC(=O)CN2CCN(CC(=O)O)CCN(CC(=O)O)CCN(CC(=O)O)CC2)nc1)C(=O)NC(C(=O)NCC(=O)N[C@@H](C(=C)c1c[nH]cn1)C(=O)N/C(=C/C(C)C)C(=O)N[C@@H](CCSC)C(N)=O)C(C)C. The Labute approximate surface area is 618 Å². The Morgan fingerprint density at radius 2 is 1.21 bits per heavy atom. The number of para-hydroxylation sites is 1. The van der Waals surface area contributed by atoms with E-state index in [4.69, 9.17) is 11.5 Å². The standard InChI is InChI=1S/C68H92N20O18S/c1-38(2)26-48(66(104)78-46(61(70)99)16-25-107-7)81-68(106)60(40(5)50-30-71-37-76-50)83-54(91)32-75-67(105)59(39(3)4)84-62(100)41(6)77-65(103)49(27-43-29-72-45-11-9-8-10-44(43)45)80-64(102)47(13-14-51(69)89)79-63(101)42-12-15-52(73-28-42)82-53(90)31-74-55(92)33-85-17-19-86(34-56(93)94)21-23-88(36-58(97)98)24-22-87(20-18-85)35-57(95)96/h8-13,15,26,28-30,37-39,46,49,59-60,72H,5-6,14,16-25,27,31-36H2,1-4,7H3,(H2,69,89)(H2,70,99)(H,71,76)(H,74,92)(H,75,105)(H,77,103)(H,78,104)(H,79,101)(H,80,102)(H,81,106)(H,83,91)(H,84,100)(H,93,94)(H,95,96)(H,97,98)(H,73,82,90)/b47-13+,48-26+/t46-,49?,59?,60-/m0/s1. The zero-order valence-electron chi connectivity index (χ0n) is 59.7. The highest BCUT2D eigenvalue weighted by Crippen LogP contribution is 2.21. The number of primary amides is 2. The van der Waals surface area contributed by atoms with Gasteiger partial charge in [-0.05, 0) is 60.1 Å². The molecule has 1 aliphatic rings. The molecule has 0 saturated carbocycles. The van der Waals surface area contributed by atoms with Crippen molar-refractivity contribution in [3.63, 3.8) is 0 Å². The van der Waals surface area contributed by atoms with Gasteiger partial charge < -0.3 is 89.9 Å². The molecule has 0 radical (unpaired) electrons. The lowest BCUT2D eigenvalue weighted by atomic mass is 10.0. The monoisotopic (exact) mass is 1510 g/mol. The molecule has 1 saturated heterocycles. The molecule has 4 aromatic rings. The number of aromatic amines is 2. The number of aliphatic carboxylic acids is 3. The molecule has 0 spiro atoms. The lowest BCUT2D eigenvalue weighted by Gasteiger charge is -2.32. The molecule has 39 heteroatoms. The fourth-order valence-corrected chi connectivity index (χ4v) is 11.0. The van der Waals surface area contributed by atoms with Gasteiger partial charge in [-0.3, -0.25) is 91.5 Å². The van der Waals surface area contributed by atoms with E-state index in [1.807, 2.05) is 0 Å². The molecule has 107 heavy (non-hydrogen) atoms. The zero-order chi connectivity index (χ0) is 79.0. The van der Waals surface area contributed by atoms with Gasteiger partial charge in [-0.1, -0.05) is 65.1 Å². The van der Waals surface area contributed by atoms with Crippen molar-refractivity contribution in [3.8, 4) is 0 Å². The smallest absolute Gasteiger partial charge is 0.317 e. The van der Waals surface area contributed by atoms with Crippen molar-refractivity contribution in [1.29, 1.82) is 0 Å². The van der Waals surface area contributed by atoms with Crippen LogP contribution in [0.4, 0.5) is 5.82 Å². The van der Waals surface area contributed by atoms with Gasteiger partial charge in [0.05, 0.1) is 62.6 Å². The van der Waals surface area contributed by atoms with E-state index in [2.05, 4.69) is 86.3 Å². The average Bonchev–Trinajstić information content (AvgIpc) is 1.70. The summed E-state index contributed by atoms with van der Waals surface area (Å²) in [5.74, 6) is -15.0. The summed E-state index contributed by atoms with van der Waals surface area (Å²) in [7, 11) is 0. The van der Waals surface area contributed by atoms with Crippen molar-refractivity contribution < 1.29 is 87.2 Å². The Bertz CT molecular complexity index is 3940. The number of benzene rings is 1. The molecule has 578 valence electrons. The number of aromatic nitrogens is 4. The first-order valence-electron chi connectivity index (χ1n) is 33.6. The number of anilines is 1. The van der Waals surface area contributed by atoms with Crippen molar-refractivity contribution in [1.82, 2.24) is 87.4 Å². The summed E-state index contributed by atoms with van der Waals surface area (Å²) in [5.41, 5.74) is 10.6. The lowest BCUT2D eigenvalue weighted by molar-refractivity contribution is -0.140. The van der Waals surface area contributed by atoms with Crippen LogP contribution in [0.5, 0.6) is 0 Å². The molecule has 5 rings (SSSR count). The van der Waals surface area contributed by atoms with Crippen molar-refractivity contribution in [2.24, 2.45) is 23.3 Å². The molecule has 1 fully saturated rings. The minimum Gasteiger partial charge on any atom is -0.480 e. The van der Waals surface area contributed by atoms with Crippen LogP contribution in [0.3, 0.4) is 0 Å². The number of amides is 12. The summed E-state index contributed by atoms with van der Waals surface area (Å²) in [6, 6.07) is 3.70. The summed E-state index contributed by atoms with van der Waals surface area (Å²) in [5, 5.41) is 53.8. The molecule has 38 nitrogen and oxygen atoms in total. The number of carbonyl (C=O) groups excluding carboxylic acids is 12. The third-order valence-electron chi connectivity index (χ3n) is 16.0. The number of thioether (sulfide) groups is 1. The highest BCUT2D eigenvalue weighted by atomic mass is 32.2. The number of nitrogens with zero attached hydrogens (tertiary/aromatic N) is 6. The quantitative estimate of drug-likeness (QED) is 0.0193. The molecular weight excluding hydrogens is 1420 g/mol. The molecule has 4 atom stereocenters. The number of imidazole rings is 1. The minimum absolute atomic E-state index is 0.0399. The Hall–Kier alpha value is -11.7. The molecule has 1 aliphatic heterocycles.